The molecule has 0 aromatic heterocycles. The molecule has 0 saturated heterocycles. The fourth-order valence-electron chi connectivity index (χ4n) is 2.22. The third-order valence-corrected chi connectivity index (χ3v) is 4.13. The summed E-state index contributed by atoms with van der Waals surface area (Å²) in [6.45, 7) is 6.11. The van der Waals surface area contributed by atoms with Gasteiger partial charge in [-0.3, -0.25) is 9.59 Å². The molecule has 3 unspecified atom stereocenters. The molecule has 114 valence electrons. The molecule has 1 aromatic carbocycles. The first kappa shape index (κ1) is 15.5. The summed E-state index contributed by atoms with van der Waals surface area (Å²) in [7, 11) is 0. The van der Waals surface area contributed by atoms with E-state index in [2.05, 4.69) is 19.2 Å². The van der Waals surface area contributed by atoms with Gasteiger partial charge in [-0.25, -0.2) is 0 Å². The summed E-state index contributed by atoms with van der Waals surface area (Å²) < 4.78 is 5.00. The van der Waals surface area contributed by atoms with Gasteiger partial charge in [0.25, 0.3) is 5.91 Å². The molecule has 0 bridgehead atoms. The third kappa shape index (κ3) is 4.31. The van der Waals surface area contributed by atoms with E-state index in [0.29, 0.717) is 11.8 Å². The highest BCUT2D eigenvalue weighted by Crippen LogP contribution is 2.38. The minimum Gasteiger partial charge on any atom is -0.455 e. The maximum absolute atomic E-state index is 11.7. The first-order chi connectivity index (χ1) is 10.0. The molecule has 1 aliphatic rings. The highest BCUT2D eigenvalue weighted by atomic mass is 16.5. The van der Waals surface area contributed by atoms with Crippen molar-refractivity contribution in [1.82, 2.24) is 0 Å². The van der Waals surface area contributed by atoms with Crippen LogP contribution in [0, 0.1) is 11.8 Å². The second kappa shape index (κ2) is 6.74. The highest BCUT2D eigenvalue weighted by molar-refractivity contribution is 5.93. The van der Waals surface area contributed by atoms with Crippen LogP contribution in [0.1, 0.15) is 45.1 Å². The molecule has 1 amide bonds. The van der Waals surface area contributed by atoms with Gasteiger partial charge < -0.3 is 10.1 Å². The summed E-state index contributed by atoms with van der Waals surface area (Å²) >= 11 is 0. The molecule has 3 atom stereocenters. The lowest BCUT2D eigenvalue weighted by molar-refractivity contribution is -0.148. The first-order valence-corrected chi connectivity index (χ1v) is 7.57. The highest BCUT2D eigenvalue weighted by Gasteiger charge is 2.40. The molecule has 4 nitrogen and oxygen atoms in total. The van der Waals surface area contributed by atoms with Crippen LogP contribution in [0.2, 0.25) is 0 Å². The van der Waals surface area contributed by atoms with Crippen molar-refractivity contribution in [2.24, 2.45) is 11.8 Å². The van der Waals surface area contributed by atoms with E-state index in [4.69, 9.17) is 4.74 Å². The van der Waals surface area contributed by atoms with Crippen molar-refractivity contribution in [3.8, 4) is 0 Å². The van der Waals surface area contributed by atoms with Gasteiger partial charge in [0.15, 0.2) is 6.61 Å². The van der Waals surface area contributed by atoms with E-state index in [1.165, 1.54) is 5.56 Å². The Bertz CT molecular complexity index is 509. The fraction of sp³-hybridized carbons (Fsp3) is 0.529. The molecular formula is C17H23NO3. The standard InChI is InChI=1S/C17H23NO3/c1-4-11(2)13-5-7-14(8-6-13)18-16(19)10-21-17(20)15-9-12(15)3/h5-8,11-12,15H,4,9-10H2,1-3H3,(H,18,19). The molecular weight excluding hydrogens is 266 g/mol. The molecule has 1 N–H and O–H groups in total. The lowest BCUT2D eigenvalue weighted by atomic mass is 9.99. The largest absolute Gasteiger partial charge is 0.455 e. The number of benzene rings is 1. The fourth-order valence-corrected chi connectivity index (χ4v) is 2.22. The number of carbonyl (C=O) groups excluding carboxylic acids is 2. The molecule has 0 radical (unpaired) electrons. The molecule has 4 heteroatoms. The Morgan fingerprint density at radius 2 is 1.95 bits per heavy atom. The van der Waals surface area contributed by atoms with Gasteiger partial charge in [-0.1, -0.05) is 32.9 Å². The van der Waals surface area contributed by atoms with E-state index in [9.17, 15) is 9.59 Å². The first-order valence-electron chi connectivity index (χ1n) is 7.57. The quantitative estimate of drug-likeness (QED) is 0.817. The van der Waals surface area contributed by atoms with Crippen LogP contribution in [0.3, 0.4) is 0 Å². The van der Waals surface area contributed by atoms with Crippen LogP contribution in [0.4, 0.5) is 5.69 Å². The summed E-state index contributed by atoms with van der Waals surface area (Å²) in [5.41, 5.74) is 1.98. The average Bonchev–Trinajstić information content (AvgIpc) is 3.22. The minimum absolute atomic E-state index is 0.00684. The van der Waals surface area contributed by atoms with E-state index in [1.807, 2.05) is 31.2 Å². The van der Waals surface area contributed by atoms with Crippen molar-refractivity contribution in [3.05, 3.63) is 29.8 Å². The smallest absolute Gasteiger partial charge is 0.309 e. The van der Waals surface area contributed by atoms with Crippen molar-refractivity contribution in [2.45, 2.75) is 39.5 Å². The topological polar surface area (TPSA) is 55.4 Å². The van der Waals surface area contributed by atoms with Gasteiger partial charge >= 0.3 is 5.97 Å². The number of nitrogens with one attached hydrogen (secondary N) is 1. The van der Waals surface area contributed by atoms with Crippen molar-refractivity contribution < 1.29 is 14.3 Å². The van der Waals surface area contributed by atoms with Crippen LogP contribution in [0.25, 0.3) is 0 Å². The van der Waals surface area contributed by atoms with Crippen LogP contribution in [0.15, 0.2) is 24.3 Å². The second-order valence-electron chi connectivity index (χ2n) is 5.91. The lowest BCUT2D eigenvalue weighted by Crippen LogP contribution is -2.21. The molecule has 1 fully saturated rings. The predicted octanol–water partition coefficient (Wildman–Crippen LogP) is 3.34. The number of hydrogen-bond acceptors (Lipinski definition) is 3. The minimum atomic E-state index is -0.298. The van der Waals surface area contributed by atoms with Gasteiger partial charge in [0.2, 0.25) is 0 Å². The maximum Gasteiger partial charge on any atom is 0.309 e. The van der Waals surface area contributed by atoms with Crippen molar-refractivity contribution in [3.63, 3.8) is 0 Å². The number of hydrogen-bond donors (Lipinski definition) is 1. The Morgan fingerprint density at radius 1 is 1.33 bits per heavy atom. The zero-order valence-corrected chi connectivity index (χ0v) is 12.9. The van der Waals surface area contributed by atoms with E-state index in [0.717, 1.165) is 18.5 Å². The number of amides is 1. The van der Waals surface area contributed by atoms with Gasteiger partial charge in [0, 0.05) is 5.69 Å². The number of anilines is 1. The summed E-state index contributed by atoms with van der Waals surface area (Å²) in [6, 6.07) is 7.79. The van der Waals surface area contributed by atoms with Gasteiger partial charge in [-0.15, -0.1) is 0 Å². The monoisotopic (exact) mass is 289 g/mol. The summed E-state index contributed by atoms with van der Waals surface area (Å²) in [5, 5.41) is 2.74. The number of carbonyl (C=O) groups is 2. The Labute approximate surface area is 125 Å². The summed E-state index contributed by atoms with van der Waals surface area (Å²) in [4.78, 5) is 23.3. The summed E-state index contributed by atoms with van der Waals surface area (Å²) in [5.74, 6) is 0.343. The lowest BCUT2D eigenvalue weighted by Gasteiger charge is -2.10. The third-order valence-electron chi connectivity index (χ3n) is 4.13. The maximum atomic E-state index is 11.7. The number of esters is 1. The van der Waals surface area contributed by atoms with Crippen molar-refractivity contribution >= 4 is 17.6 Å². The molecule has 0 heterocycles. The molecule has 0 aliphatic heterocycles. The Kier molecular flexibility index (Phi) is 4.99. The zero-order valence-electron chi connectivity index (χ0n) is 12.9. The Hall–Kier alpha value is -1.84. The zero-order chi connectivity index (χ0) is 15.4. The molecule has 1 saturated carbocycles. The normalized spacial score (nSPS) is 21.5. The van der Waals surface area contributed by atoms with Crippen molar-refractivity contribution in [2.75, 3.05) is 11.9 Å². The molecule has 1 aliphatic carbocycles. The summed E-state index contributed by atoms with van der Waals surface area (Å²) in [6.07, 6.45) is 1.96. The van der Waals surface area contributed by atoms with Crippen molar-refractivity contribution in [1.29, 1.82) is 0 Å². The van der Waals surface area contributed by atoms with Gasteiger partial charge in [0.1, 0.15) is 0 Å². The number of ether oxygens (including phenoxy) is 1. The SMILES string of the molecule is CCC(C)c1ccc(NC(=O)COC(=O)C2CC2C)cc1. The van der Waals surface area contributed by atoms with E-state index in [-0.39, 0.29) is 24.4 Å². The van der Waals surface area contributed by atoms with Crippen LogP contribution in [0.5, 0.6) is 0 Å². The molecule has 21 heavy (non-hydrogen) atoms. The predicted molar refractivity (Wildman–Crippen MR) is 82.0 cm³/mol. The van der Waals surface area contributed by atoms with Gasteiger partial charge in [0.05, 0.1) is 5.92 Å². The Morgan fingerprint density at radius 3 is 2.48 bits per heavy atom. The average molecular weight is 289 g/mol. The van der Waals surface area contributed by atoms with Gasteiger partial charge in [-0.2, -0.15) is 0 Å². The molecule has 0 spiro atoms. The number of rotatable bonds is 6. The van der Waals surface area contributed by atoms with E-state index < -0.39 is 0 Å². The Balaban J connectivity index is 1.78. The van der Waals surface area contributed by atoms with Crippen LogP contribution < -0.4 is 5.32 Å². The van der Waals surface area contributed by atoms with Crippen LogP contribution >= 0.6 is 0 Å². The van der Waals surface area contributed by atoms with Crippen LogP contribution in [-0.2, 0) is 14.3 Å². The van der Waals surface area contributed by atoms with E-state index >= 15 is 0 Å². The molecule has 1 aromatic rings. The van der Waals surface area contributed by atoms with Crippen LogP contribution in [-0.4, -0.2) is 18.5 Å². The van der Waals surface area contributed by atoms with Gasteiger partial charge in [-0.05, 0) is 42.4 Å². The van der Waals surface area contributed by atoms with E-state index in [1.54, 1.807) is 0 Å². The second-order valence-corrected chi connectivity index (χ2v) is 5.91. The molecule has 2 rings (SSSR count).